The maximum Gasteiger partial charge on any atom is 0.143 e. The van der Waals surface area contributed by atoms with Crippen molar-refractivity contribution >= 4 is 74.8 Å². The second-order valence-corrected chi connectivity index (χ2v) is 32.0. The molecule has 10 nitrogen and oxygen atoms in total. The van der Waals surface area contributed by atoms with Gasteiger partial charge in [0.2, 0.25) is 0 Å². The molecule has 0 fully saturated rings. The Morgan fingerprint density at radius 3 is 0.824 bits per heavy atom. The Bertz CT molecular complexity index is 2730. The van der Waals surface area contributed by atoms with Crippen molar-refractivity contribution in [3.8, 4) is 42.5 Å². The van der Waals surface area contributed by atoms with E-state index in [1.54, 1.807) is 73.8 Å². The molecule has 396 valence electrons. The fourth-order valence-corrected chi connectivity index (χ4v) is 16.8. The average molecular weight is 1120 g/mol. The highest BCUT2D eigenvalue weighted by Gasteiger charge is 2.45. The lowest BCUT2D eigenvalue weighted by Crippen LogP contribution is -2.29. The maximum absolute atomic E-state index is 14.4. The summed E-state index contributed by atoms with van der Waals surface area (Å²) in [5.74, 6) is 2.64. The number of methoxy groups -OCH3 is 4. The molecule has 4 aromatic heterocycles. The lowest BCUT2D eigenvalue weighted by molar-refractivity contribution is 0.126. The van der Waals surface area contributed by atoms with E-state index in [0.29, 0.717) is 98.1 Å². The predicted molar refractivity (Wildman–Crippen MR) is 313 cm³/mol. The summed E-state index contributed by atoms with van der Waals surface area (Å²) in [5, 5.41) is 28.8. The quantitative estimate of drug-likeness (QED) is 0.0508. The summed E-state index contributed by atoms with van der Waals surface area (Å²) in [6.45, 7) is 3.30. The summed E-state index contributed by atoms with van der Waals surface area (Å²) in [4.78, 5) is 3.90. The summed E-state index contributed by atoms with van der Waals surface area (Å²) in [5.41, 5.74) is 0.598. The lowest BCUT2D eigenvalue weighted by Gasteiger charge is -2.31. The van der Waals surface area contributed by atoms with Gasteiger partial charge in [-0.3, -0.25) is 0 Å². The zero-order valence-electron chi connectivity index (χ0n) is 43.8. The highest BCUT2D eigenvalue weighted by molar-refractivity contribution is 8.33. The number of thiophene rings is 4. The molecule has 0 amide bonds. The standard InChI is InChI=1S/C58H68O10S6/c1-61-31-35-65-43-19-11-39(12-20-43)57(59,40-13-21-44(22-14-40)66-36-32-62-2)51-53(47-27-29-49(69-47)73(5,6)7)71-56-52(54(72-55(51)56)48-28-30-50(70-48)74(8,9)10)58(60,41-15-23-45(24-16-41)67-37-33-63-3)42-17-25-46(26-18-42)68-38-34-64-4/h11-30,59-60H,31-38H2,1-10H3. The van der Waals surface area contributed by atoms with Crippen LogP contribution in [0.25, 0.3) is 28.9 Å². The Kier molecular flexibility index (Phi) is 18.3. The number of fused-ring (bicyclic) bond motifs is 1. The van der Waals surface area contributed by atoms with E-state index in [9.17, 15) is 10.2 Å². The van der Waals surface area contributed by atoms with Crippen molar-refractivity contribution in [1.82, 2.24) is 0 Å². The molecule has 0 aliphatic heterocycles. The fraction of sp³-hybridized carbons (Fsp3) is 0.345. The van der Waals surface area contributed by atoms with E-state index in [-0.39, 0.29) is 0 Å². The molecule has 8 aromatic rings. The number of hydrogen-bond acceptors (Lipinski definition) is 14. The monoisotopic (exact) mass is 1120 g/mol. The molecule has 8 rings (SSSR count). The molecule has 16 heteroatoms. The van der Waals surface area contributed by atoms with Crippen molar-refractivity contribution in [3.05, 3.63) is 155 Å². The molecule has 0 saturated heterocycles. The van der Waals surface area contributed by atoms with Crippen LogP contribution in [0.2, 0.25) is 0 Å². The minimum absolute atomic E-state index is 0.383. The van der Waals surface area contributed by atoms with Crippen molar-refractivity contribution in [3.63, 3.8) is 0 Å². The minimum Gasteiger partial charge on any atom is -0.491 e. The molecule has 0 atom stereocenters. The third-order valence-corrected chi connectivity index (χ3v) is 23.2. The van der Waals surface area contributed by atoms with Crippen LogP contribution < -0.4 is 18.9 Å². The van der Waals surface area contributed by atoms with Crippen LogP contribution in [0.1, 0.15) is 33.4 Å². The van der Waals surface area contributed by atoms with Gasteiger partial charge in [0.05, 0.1) is 45.6 Å². The molecular weight excluding hydrogens is 1050 g/mol. The first-order valence-corrected chi connectivity index (χ1v) is 33.0. The van der Waals surface area contributed by atoms with Crippen LogP contribution in [-0.4, -0.2) is 129 Å². The minimum atomic E-state index is -1.74. The zero-order chi connectivity index (χ0) is 52.7. The van der Waals surface area contributed by atoms with Gasteiger partial charge in [-0.2, -0.15) is 0 Å². The van der Waals surface area contributed by atoms with Crippen LogP contribution >= 0.6 is 65.4 Å². The van der Waals surface area contributed by atoms with Gasteiger partial charge < -0.3 is 48.1 Å². The molecule has 74 heavy (non-hydrogen) atoms. The molecule has 0 bridgehead atoms. The van der Waals surface area contributed by atoms with Gasteiger partial charge in [-0.15, -0.1) is 45.3 Å². The summed E-state index contributed by atoms with van der Waals surface area (Å²) < 4.78 is 49.7. The van der Waals surface area contributed by atoms with Crippen LogP contribution in [0.15, 0.2) is 130 Å². The third-order valence-electron chi connectivity index (χ3n) is 12.4. The molecule has 4 aromatic carbocycles. The SMILES string of the molecule is COCCOc1ccc(C(O)(c2ccc(OCCOC)cc2)c2c(-c3ccc(S(C)(C)C)s3)sc3c(C(O)(c4ccc(OCCOC)cc4)c4ccc(OCCOC)cc4)c(-c4ccc(S(C)(C)C)s4)sc23)cc1. The summed E-state index contributed by atoms with van der Waals surface area (Å²) in [7, 11) is 4.36. The Morgan fingerprint density at radius 1 is 0.351 bits per heavy atom. The van der Waals surface area contributed by atoms with Gasteiger partial charge in [0.25, 0.3) is 0 Å². The number of rotatable bonds is 26. The predicted octanol–water partition coefficient (Wildman–Crippen LogP) is 13.2. The van der Waals surface area contributed by atoms with Gasteiger partial charge >= 0.3 is 0 Å². The van der Waals surface area contributed by atoms with E-state index in [4.69, 9.17) is 37.9 Å². The Hall–Kier alpha value is -4.40. The first kappa shape index (κ1) is 55.8. The lowest BCUT2D eigenvalue weighted by atomic mass is 9.78. The van der Waals surface area contributed by atoms with Gasteiger partial charge in [-0.1, -0.05) is 48.5 Å². The van der Waals surface area contributed by atoms with Crippen molar-refractivity contribution in [1.29, 1.82) is 0 Å². The molecule has 0 unspecified atom stereocenters. The van der Waals surface area contributed by atoms with E-state index in [1.807, 2.05) is 97.1 Å². The van der Waals surface area contributed by atoms with Crippen molar-refractivity contribution < 1.29 is 48.1 Å². The number of ether oxygens (including phenoxy) is 8. The van der Waals surface area contributed by atoms with E-state index in [1.165, 1.54) is 8.42 Å². The summed E-state index contributed by atoms with van der Waals surface area (Å²) in [6.07, 6.45) is 13.8. The average Bonchev–Trinajstić information content (AvgIpc) is 4.22. The second-order valence-electron chi connectivity index (χ2n) is 19.1. The Morgan fingerprint density at radius 2 is 0.608 bits per heavy atom. The largest absolute Gasteiger partial charge is 0.491 e. The van der Waals surface area contributed by atoms with Crippen molar-refractivity contribution in [2.75, 3.05) is 119 Å². The molecule has 0 radical (unpaired) electrons. The van der Waals surface area contributed by atoms with Gasteiger partial charge in [-0.25, -0.2) is 20.1 Å². The molecule has 4 heterocycles. The smallest absolute Gasteiger partial charge is 0.143 e. The Labute approximate surface area is 455 Å². The Balaban J connectivity index is 1.47. The van der Waals surface area contributed by atoms with Gasteiger partial charge in [-0.05, 0) is 133 Å². The first-order valence-electron chi connectivity index (χ1n) is 24.1. The first-order chi connectivity index (χ1) is 35.5. The van der Waals surface area contributed by atoms with Gasteiger partial charge in [0.15, 0.2) is 0 Å². The van der Waals surface area contributed by atoms with Crippen LogP contribution in [-0.2, 0) is 30.1 Å². The summed E-state index contributed by atoms with van der Waals surface area (Å²) in [6, 6.07) is 39.8. The second kappa shape index (κ2) is 24.3. The highest BCUT2D eigenvalue weighted by Crippen LogP contribution is 2.61. The number of aliphatic hydroxyl groups is 2. The van der Waals surface area contributed by atoms with E-state index >= 15 is 0 Å². The molecule has 0 saturated carbocycles. The molecular formula is C58H68O10S6. The maximum atomic E-state index is 14.4. The number of hydrogen-bond donors (Lipinski definition) is 2. The molecule has 0 aliphatic carbocycles. The molecule has 2 N–H and O–H groups in total. The van der Waals surface area contributed by atoms with E-state index in [0.717, 1.165) is 40.0 Å². The van der Waals surface area contributed by atoms with Crippen LogP contribution in [0, 0.1) is 0 Å². The number of benzene rings is 4. The van der Waals surface area contributed by atoms with Crippen LogP contribution in [0.4, 0.5) is 0 Å². The van der Waals surface area contributed by atoms with Gasteiger partial charge in [0.1, 0.15) is 60.6 Å². The third kappa shape index (κ3) is 12.1. The van der Waals surface area contributed by atoms with Crippen molar-refractivity contribution in [2.24, 2.45) is 0 Å². The van der Waals surface area contributed by atoms with Crippen molar-refractivity contribution in [2.45, 2.75) is 19.6 Å². The van der Waals surface area contributed by atoms with Crippen LogP contribution in [0.5, 0.6) is 23.0 Å². The van der Waals surface area contributed by atoms with Gasteiger partial charge in [0, 0.05) is 57.7 Å². The highest BCUT2D eigenvalue weighted by atomic mass is 32.3. The van der Waals surface area contributed by atoms with E-state index in [2.05, 4.69) is 61.8 Å². The zero-order valence-corrected chi connectivity index (χ0v) is 48.7. The molecule has 0 spiro atoms. The topological polar surface area (TPSA) is 114 Å². The van der Waals surface area contributed by atoms with E-state index < -0.39 is 31.3 Å². The summed E-state index contributed by atoms with van der Waals surface area (Å²) >= 11 is 6.77. The van der Waals surface area contributed by atoms with Crippen LogP contribution in [0.3, 0.4) is 0 Å². The normalized spacial score (nSPS) is 12.9. The fourth-order valence-electron chi connectivity index (χ4n) is 8.53. The molecule has 0 aliphatic rings.